The number of thioether (sulfide) groups is 1. The molecule has 0 aromatic heterocycles. The number of hydrogen-bond acceptors (Lipinski definition) is 3. The third kappa shape index (κ3) is 3.58. The van der Waals surface area contributed by atoms with Crippen LogP contribution in [0.4, 0.5) is 0 Å². The summed E-state index contributed by atoms with van der Waals surface area (Å²) in [6.45, 7) is 2.15. The number of hydrogen-bond donors (Lipinski definition) is 1. The first-order valence-corrected chi connectivity index (χ1v) is 6.63. The summed E-state index contributed by atoms with van der Waals surface area (Å²) in [6.07, 6.45) is 4.70. The zero-order valence-corrected chi connectivity index (χ0v) is 11.1. The van der Waals surface area contributed by atoms with Gasteiger partial charge in [0.2, 0.25) is 0 Å². The SMILES string of the molecule is CSc1ccccc1OC1CCNCC1.Cl. The van der Waals surface area contributed by atoms with Crippen LogP contribution in [-0.2, 0) is 0 Å². The third-order valence-corrected chi connectivity index (χ3v) is 3.43. The van der Waals surface area contributed by atoms with Crippen molar-refractivity contribution >= 4 is 24.2 Å². The lowest BCUT2D eigenvalue weighted by molar-refractivity contribution is 0.158. The van der Waals surface area contributed by atoms with Gasteiger partial charge in [0.05, 0.1) is 0 Å². The summed E-state index contributed by atoms with van der Waals surface area (Å²) < 4.78 is 6.02. The number of ether oxygens (including phenoxy) is 1. The van der Waals surface area contributed by atoms with Gasteiger partial charge in [-0.25, -0.2) is 0 Å². The lowest BCUT2D eigenvalue weighted by Gasteiger charge is -2.24. The maximum atomic E-state index is 6.02. The van der Waals surface area contributed by atoms with Crippen LogP contribution in [0.3, 0.4) is 0 Å². The lowest BCUT2D eigenvalue weighted by Crippen LogP contribution is -2.34. The zero-order chi connectivity index (χ0) is 10.5. The summed E-state index contributed by atoms with van der Waals surface area (Å²) in [6, 6.07) is 8.27. The van der Waals surface area contributed by atoms with Gasteiger partial charge in [-0.15, -0.1) is 24.2 Å². The molecule has 0 spiro atoms. The fraction of sp³-hybridized carbons (Fsp3) is 0.500. The van der Waals surface area contributed by atoms with Crippen LogP contribution in [-0.4, -0.2) is 25.4 Å². The molecule has 1 aliphatic heterocycles. The van der Waals surface area contributed by atoms with Crippen molar-refractivity contribution in [3.05, 3.63) is 24.3 Å². The second-order valence-corrected chi connectivity index (χ2v) is 4.57. The topological polar surface area (TPSA) is 21.3 Å². The van der Waals surface area contributed by atoms with Gasteiger partial charge in [-0.2, -0.15) is 0 Å². The molecule has 0 aliphatic carbocycles. The van der Waals surface area contributed by atoms with Crippen LogP contribution < -0.4 is 10.1 Å². The van der Waals surface area contributed by atoms with E-state index < -0.39 is 0 Å². The Morgan fingerprint density at radius 1 is 1.25 bits per heavy atom. The van der Waals surface area contributed by atoms with Crippen molar-refractivity contribution < 1.29 is 4.74 Å². The van der Waals surface area contributed by atoms with Crippen molar-refractivity contribution in [3.63, 3.8) is 0 Å². The van der Waals surface area contributed by atoms with Crippen molar-refractivity contribution in [1.29, 1.82) is 0 Å². The van der Waals surface area contributed by atoms with E-state index >= 15 is 0 Å². The molecule has 1 aromatic carbocycles. The molecule has 1 aliphatic rings. The number of rotatable bonds is 3. The van der Waals surface area contributed by atoms with Crippen LogP contribution in [0.5, 0.6) is 5.75 Å². The van der Waals surface area contributed by atoms with E-state index in [0.717, 1.165) is 31.7 Å². The molecular weight excluding hydrogens is 242 g/mol. The highest BCUT2D eigenvalue weighted by atomic mass is 35.5. The van der Waals surface area contributed by atoms with Gasteiger partial charge in [-0.3, -0.25) is 0 Å². The van der Waals surface area contributed by atoms with Gasteiger partial charge in [0, 0.05) is 4.90 Å². The highest BCUT2D eigenvalue weighted by molar-refractivity contribution is 7.98. The molecule has 16 heavy (non-hydrogen) atoms. The first-order valence-electron chi connectivity index (χ1n) is 5.40. The lowest BCUT2D eigenvalue weighted by atomic mass is 10.1. The van der Waals surface area contributed by atoms with Gasteiger partial charge in [-0.05, 0) is 44.3 Å². The molecule has 0 amide bonds. The van der Waals surface area contributed by atoms with Crippen LogP contribution in [0.15, 0.2) is 29.2 Å². The van der Waals surface area contributed by atoms with Crippen molar-refractivity contribution in [3.8, 4) is 5.75 Å². The molecule has 0 bridgehead atoms. The zero-order valence-electron chi connectivity index (χ0n) is 9.44. The van der Waals surface area contributed by atoms with Gasteiger partial charge in [0.25, 0.3) is 0 Å². The quantitative estimate of drug-likeness (QED) is 0.844. The molecule has 4 heteroatoms. The molecule has 90 valence electrons. The van der Waals surface area contributed by atoms with Gasteiger partial charge < -0.3 is 10.1 Å². The van der Waals surface area contributed by atoms with E-state index in [1.54, 1.807) is 11.8 Å². The van der Waals surface area contributed by atoms with Crippen LogP contribution in [0.25, 0.3) is 0 Å². The van der Waals surface area contributed by atoms with E-state index in [0.29, 0.717) is 6.10 Å². The van der Waals surface area contributed by atoms with Crippen LogP contribution in [0.2, 0.25) is 0 Å². The van der Waals surface area contributed by atoms with E-state index in [2.05, 4.69) is 29.8 Å². The number of para-hydroxylation sites is 1. The van der Waals surface area contributed by atoms with Gasteiger partial charge >= 0.3 is 0 Å². The minimum absolute atomic E-state index is 0. The highest BCUT2D eigenvalue weighted by Crippen LogP contribution is 2.28. The van der Waals surface area contributed by atoms with E-state index in [1.807, 2.05) is 6.07 Å². The van der Waals surface area contributed by atoms with E-state index in [9.17, 15) is 0 Å². The summed E-state index contributed by atoms with van der Waals surface area (Å²) in [4.78, 5) is 1.23. The smallest absolute Gasteiger partial charge is 0.133 e. The molecular formula is C12H18ClNOS. The standard InChI is InChI=1S/C12H17NOS.ClH/c1-15-12-5-3-2-4-11(12)14-10-6-8-13-9-7-10;/h2-5,10,13H,6-9H2,1H3;1H. The Hall–Kier alpha value is -0.380. The highest BCUT2D eigenvalue weighted by Gasteiger charge is 2.15. The molecule has 0 radical (unpaired) electrons. The minimum atomic E-state index is 0. The molecule has 1 N–H and O–H groups in total. The third-order valence-electron chi connectivity index (χ3n) is 2.65. The first kappa shape index (κ1) is 13.7. The summed E-state index contributed by atoms with van der Waals surface area (Å²) in [7, 11) is 0. The molecule has 1 saturated heterocycles. The Labute approximate surface area is 108 Å². The summed E-state index contributed by atoms with van der Waals surface area (Å²) in [5.74, 6) is 1.04. The van der Waals surface area contributed by atoms with Crippen molar-refractivity contribution in [2.24, 2.45) is 0 Å². The van der Waals surface area contributed by atoms with E-state index in [1.165, 1.54) is 4.90 Å². The average Bonchev–Trinajstić information content (AvgIpc) is 2.31. The van der Waals surface area contributed by atoms with Crippen molar-refractivity contribution in [2.75, 3.05) is 19.3 Å². The summed E-state index contributed by atoms with van der Waals surface area (Å²) >= 11 is 1.74. The maximum Gasteiger partial charge on any atom is 0.133 e. The Kier molecular flexibility index (Phi) is 6.03. The Bertz CT molecular complexity index is 316. The molecule has 2 nitrogen and oxygen atoms in total. The van der Waals surface area contributed by atoms with E-state index in [-0.39, 0.29) is 12.4 Å². The summed E-state index contributed by atoms with van der Waals surface area (Å²) in [5.41, 5.74) is 0. The molecule has 1 fully saturated rings. The molecule has 1 heterocycles. The second kappa shape index (κ2) is 7.05. The number of halogens is 1. The Balaban J connectivity index is 0.00000128. The molecule has 2 rings (SSSR count). The number of piperidine rings is 1. The second-order valence-electron chi connectivity index (χ2n) is 3.72. The first-order chi connectivity index (χ1) is 7.40. The van der Waals surface area contributed by atoms with Crippen LogP contribution in [0, 0.1) is 0 Å². The van der Waals surface area contributed by atoms with Crippen LogP contribution >= 0.6 is 24.2 Å². The minimum Gasteiger partial charge on any atom is -0.489 e. The normalized spacial score (nSPS) is 16.6. The van der Waals surface area contributed by atoms with Gasteiger partial charge in [-0.1, -0.05) is 12.1 Å². The molecule has 0 atom stereocenters. The average molecular weight is 260 g/mol. The monoisotopic (exact) mass is 259 g/mol. The Morgan fingerprint density at radius 2 is 1.94 bits per heavy atom. The van der Waals surface area contributed by atoms with Crippen molar-refractivity contribution in [1.82, 2.24) is 5.32 Å². The predicted molar refractivity (Wildman–Crippen MR) is 72.0 cm³/mol. The molecule has 0 unspecified atom stereocenters. The van der Waals surface area contributed by atoms with E-state index in [4.69, 9.17) is 4.74 Å². The predicted octanol–water partition coefficient (Wildman–Crippen LogP) is 2.96. The van der Waals surface area contributed by atoms with Crippen molar-refractivity contribution in [2.45, 2.75) is 23.8 Å². The molecule has 1 aromatic rings. The number of benzene rings is 1. The largest absolute Gasteiger partial charge is 0.489 e. The van der Waals surface area contributed by atoms with Gasteiger partial charge in [0.1, 0.15) is 11.9 Å². The summed E-state index contributed by atoms with van der Waals surface area (Å²) in [5, 5.41) is 3.34. The number of nitrogens with one attached hydrogen (secondary N) is 1. The molecule has 0 saturated carbocycles. The van der Waals surface area contributed by atoms with Gasteiger partial charge in [0.15, 0.2) is 0 Å². The van der Waals surface area contributed by atoms with Crippen LogP contribution in [0.1, 0.15) is 12.8 Å². The maximum absolute atomic E-state index is 6.02. The fourth-order valence-corrected chi connectivity index (χ4v) is 2.34. The Morgan fingerprint density at radius 3 is 2.62 bits per heavy atom. The fourth-order valence-electron chi connectivity index (χ4n) is 1.81.